The second-order valence-corrected chi connectivity index (χ2v) is 3.88. The molecule has 1 aromatic carbocycles. The van der Waals surface area contributed by atoms with Crippen LogP contribution in [-0.2, 0) is 0 Å². The third kappa shape index (κ3) is 4.29. The van der Waals surface area contributed by atoms with Crippen LogP contribution in [0.15, 0.2) is 30.4 Å². The number of benzene rings is 1. The molecule has 0 aromatic heterocycles. The summed E-state index contributed by atoms with van der Waals surface area (Å²) in [5, 5.41) is 0. The minimum absolute atomic E-state index is 0. The molecule has 96 valence electrons. The van der Waals surface area contributed by atoms with Crippen LogP contribution in [0.4, 0.5) is 0 Å². The van der Waals surface area contributed by atoms with Crippen LogP contribution in [-0.4, -0.2) is 14.2 Å². The first-order valence-electron chi connectivity index (χ1n) is 5.20. The van der Waals surface area contributed by atoms with Gasteiger partial charge in [-0.05, 0) is 31.0 Å². The van der Waals surface area contributed by atoms with Gasteiger partial charge in [0.25, 0.3) is 0 Å². The Labute approximate surface area is 109 Å². The highest BCUT2D eigenvalue weighted by molar-refractivity contribution is 5.85. The normalized spacial score (nSPS) is 11.3. The van der Waals surface area contributed by atoms with Gasteiger partial charge in [-0.25, -0.2) is 0 Å². The molecule has 2 N–H and O–H groups in total. The van der Waals surface area contributed by atoms with Crippen molar-refractivity contribution in [2.45, 2.75) is 19.4 Å². The molecule has 0 aliphatic carbocycles. The van der Waals surface area contributed by atoms with Crippen LogP contribution in [0.2, 0.25) is 0 Å². The zero-order valence-electron chi connectivity index (χ0n) is 10.5. The molecule has 1 aromatic rings. The van der Waals surface area contributed by atoms with Crippen LogP contribution in [0.1, 0.15) is 24.9 Å². The topological polar surface area (TPSA) is 44.5 Å². The summed E-state index contributed by atoms with van der Waals surface area (Å²) in [5.74, 6) is 1.42. The molecule has 3 nitrogen and oxygen atoms in total. The minimum Gasteiger partial charge on any atom is -0.493 e. The Kier molecular flexibility index (Phi) is 6.69. The zero-order chi connectivity index (χ0) is 12.1. The molecule has 0 heterocycles. The summed E-state index contributed by atoms with van der Waals surface area (Å²) in [5.41, 5.74) is 8.15. The average molecular weight is 258 g/mol. The molecule has 0 bridgehead atoms. The lowest BCUT2D eigenvalue weighted by molar-refractivity contribution is 0.354. The Balaban J connectivity index is 0.00000256. The van der Waals surface area contributed by atoms with Crippen molar-refractivity contribution < 1.29 is 9.47 Å². The third-order valence-electron chi connectivity index (χ3n) is 2.40. The molecule has 0 aliphatic heterocycles. The SMILES string of the molecule is C=C(C)C[C@H](N)c1ccc(OC)c(OC)c1.Cl. The fourth-order valence-corrected chi connectivity index (χ4v) is 1.58. The number of methoxy groups -OCH3 is 2. The monoisotopic (exact) mass is 257 g/mol. The summed E-state index contributed by atoms with van der Waals surface area (Å²) >= 11 is 0. The predicted molar refractivity (Wildman–Crippen MR) is 73.2 cm³/mol. The fraction of sp³-hybridized carbons (Fsp3) is 0.385. The molecular formula is C13H20ClNO2. The largest absolute Gasteiger partial charge is 0.493 e. The van der Waals surface area contributed by atoms with Gasteiger partial charge in [0.2, 0.25) is 0 Å². The standard InChI is InChI=1S/C13H19NO2.ClH/c1-9(2)7-11(14)10-5-6-12(15-3)13(8-10)16-4;/h5-6,8,11H,1,7,14H2,2-4H3;1H/t11-;/m0./s1. The molecule has 17 heavy (non-hydrogen) atoms. The summed E-state index contributed by atoms with van der Waals surface area (Å²) in [6.07, 6.45) is 0.773. The number of ether oxygens (including phenoxy) is 2. The van der Waals surface area contributed by atoms with Gasteiger partial charge in [0, 0.05) is 6.04 Å². The maximum absolute atomic E-state index is 6.05. The Morgan fingerprint density at radius 1 is 1.29 bits per heavy atom. The first-order valence-corrected chi connectivity index (χ1v) is 5.20. The lowest BCUT2D eigenvalue weighted by Crippen LogP contribution is -2.10. The van der Waals surface area contributed by atoms with Gasteiger partial charge in [-0.3, -0.25) is 0 Å². The van der Waals surface area contributed by atoms with Crippen LogP contribution in [0.3, 0.4) is 0 Å². The van der Waals surface area contributed by atoms with Gasteiger partial charge < -0.3 is 15.2 Å². The third-order valence-corrected chi connectivity index (χ3v) is 2.40. The first-order chi connectivity index (χ1) is 7.58. The first kappa shape index (κ1) is 15.8. The Morgan fingerprint density at radius 3 is 2.35 bits per heavy atom. The van der Waals surface area contributed by atoms with Gasteiger partial charge in [-0.1, -0.05) is 11.6 Å². The number of rotatable bonds is 5. The summed E-state index contributed by atoms with van der Waals surface area (Å²) in [6, 6.07) is 5.69. The molecule has 0 amide bonds. The van der Waals surface area contributed by atoms with E-state index in [0.29, 0.717) is 11.5 Å². The fourth-order valence-electron chi connectivity index (χ4n) is 1.58. The van der Waals surface area contributed by atoms with E-state index in [1.54, 1.807) is 14.2 Å². The molecule has 0 radical (unpaired) electrons. The van der Waals surface area contributed by atoms with Crippen molar-refractivity contribution in [1.82, 2.24) is 0 Å². The highest BCUT2D eigenvalue weighted by atomic mass is 35.5. The van der Waals surface area contributed by atoms with E-state index in [-0.39, 0.29) is 18.4 Å². The molecule has 0 spiro atoms. The molecular weight excluding hydrogens is 238 g/mol. The summed E-state index contributed by atoms with van der Waals surface area (Å²) in [4.78, 5) is 0. The lowest BCUT2D eigenvalue weighted by Gasteiger charge is -2.14. The van der Waals surface area contributed by atoms with Crippen molar-refractivity contribution in [2.24, 2.45) is 5.73 Å². The molecule has 1 atom stereocenters. The lowest BCUT2D eigenvalue weighted by atomic mass is 10.0. The molecule has 4 heteroatoms. The highest BCUT2D eigenvalue weighted by Gasteiger charge is 2.10. The molecule has 1 rings (SSSR count). The van der Waals surface area contributed by atoms with Gasteiger partial charge in [0.15, 0.2) is 11.5 Å². The van der Waals surface area contributed by atoms with Gasteiger partial charge in [-0.15, -0.1) is 19.0 Å². The van der Waals surface area contributed by atoms with Crippen LogP contribution >= 0.6 is 12.4 Å². The van der Waals surface area contributed by atoms with E-state index in [2.05, 4.69) is 6.58 Å². The van der Waals surface area contributed by atoms with Crippen LogP contribution in [0, 0.1) is 0 Å². The Morgan fingerprint density at radius 2 is 1.88 bits per heavy atom. The van der Waals surface area contributed by atoms with Crippen molar-refractivity contribution in [1.29, 1.82) is 0 Å². The maximum atomic E-state index is 6.05. The van der Waals surface area contributed by atoms with Crippen LogP contribution < -0.4 is 15.2 Å². The van der Waals surface area contributed by atoms with Crippen LogP contribution in [0.25, 0.3) is 0 Å². The van der Waals surface area contributed by atoms with E-state index in [1.807, 2.05) is 25.1 Å². The quantitative estimate of drug-likeness (QED) is 0.825. The minimum atomic E-state index is -0.0442. The van der Waals surface area contributed by atoms with Crippen molar-refractivity contribution in [3.63, 3.8) is 0 Å². The molecule has 0 unspecified atom stereocenters. The van der Waals surface area contributed by atoms with Gasteiger partial charge >= 0.3 is 0 Å². The van der Waals surface area contributed by atoms with Crippen molar-refractivity contribution >= 4 is 12.4 Å². The van der Waals surface area contributed by atoms with Gasteiger partial charge in [-0.2, -0.15) is 0 Å². The number of halogens is 1. The smallest absolute Gasteiger partial charge is 0.161 e. The van der Waals surface area contributed by atoms with E-state index in [4.69, 9.17) is 15.2 Å². The van der Waals surface area contributed by atoms with Crippen molar-refractivity contribution in [3.8, 4) is 11.5 Å². The maximum Gasteiger partial charge on any atom is 0.161 e. The van der Waals surface area contributed by atoms with Crippen LogP contribution in [0.5, 0.6) is 11.5 Å². The zero-order valence-corrected chi connectivity index (χ0v) is 11.3. The molecule has 0 fully saturated rings. The molecule has 0 saturated carbocycles. The summed E-state index contributed by atoms with van der Waals surface area (Å²) in [6.45, 7) is 5.83. The summed E-state index contributed by atoms with van der Waals surface area (Å²) in [7, 11) is 3.23. The second-order valence-electron chi connectivity index (χ2n) is 3.88. The Hall–Kier alpha value is -1.19. The van der Waals surface area contributed by atoms with Crippen molar-refractivity contribution in [3.05, 3.63) is 35.9 Å². The second kappa shape index (κ2) is 7.20. The van der Waals surface area contributed by atoms with Crippen molar-refractivity contribution in [2.75, 3.05) is 14.2 Å². The van der Waals surface area contributed by atoms with E-state index < -0.39 is 0 Å². The number of hydrogen-bond acceptors (Lipinski definition) is 3. The van der Waals surface area contributed by atoms with Gasteiger partial charge in [0.1, 0.15) is 0 Å². The van der Waals surface area contributed by atoms with Gasteiger partial charge in [0.05, 0.1) is 14.2 Å². The predicted octanol–water partition coefficient (Wildman–Crippen LogP) is 3.09. The molecule has 0 aliphatic rings. The molecule has 0 saturated heterocycles. The van der Waals surface area contributed by atoms with E-state index in [0.717, 1.165) is 17.6 Å². The number of hydrogen-bond donors (Lipinski definition) is 1. The summed E-state index contributed by atoms with van der Waals surface area (Å²) < 4.78 is 10.4. The van der Waals surface area contributed by atoms with E-state index in [9.17, 15) is 0 Å². The highest BCUT2D eigenvalue weighted by Crippen LogP contribution is 2.30. The average Bonchev–Trinajstić information content (AvgIpc) is 2.27. The number of nitrogens with two attached hydrogens (primary N) is 1. The Bertz CT molecular complexity index is 380. The van der Waals surface area contributed by atoms with E-state index in [1.165, 1.54) is 0 Å². The van der Waals surface area contributed by atoms with E-state index >= 15 is 0 Å².